The van der Waals surface area contributed by atoms with Crippen molar-refractivity contribution >= 4 is 11.6 Å². The fourth-order valence-electron chi connectivity index (χ4n) is 1.33. The van der Waals surface area contributed by atoms with Crippen LogP contribution in [-0.4, -0.2) is 17.5 Å². The van der Waals surface area contributed by atoms with Crippen LogP contribution in [0.3, 0.4) is 0 Å². The normalized spacial score (nSPS) is 10.3. The van der Waals surface area contributed by atoms with E-state index in [4.69, 9.17) is 20.8 Å². The maximum Gasteiger partial charge on any atom is 0.225 e. The molecule has 84 valence electrons. The number of benzene rings is 1. The summed E-state index contributed by atoms with van der Waals surface area (Å²) in [5, 5.41) is 0. The van der Waals surface area contributed by atoms with E-state index in [1.165, 1.54) is 0 Å². The number of halogens is 1. The van der Waals surface area contributed by atoms with E-state index in [9.17, 15) is 0 Å². The number of hydrogen-bond acceptors (Lipinski definition) is 3. The van der Waals surface area contributed by atoms with Gasteiger partial charge >= 0.3 is 0 Å². The number of alkyl halides is 1. The summed E-state index contributed by atoms with van der Waals surface area (Å²) in [7, 11) is 0. The van der Waals surface area contributed by atoms with Gasteiger partial charge in [-0.05, 0) is 24.6 Å². The topological polar surface area (TPSA) is 35.3 Å². The maximum atomic E-state index is 5.58. The Morgan fingerprint density at radius 3 is 3.06 bits per heavy atom. The molecule has 0 atom stereocenters. The minimum absolute atomic E-state index is 0.600. The van der Waals surface area contributed by atoms with Gasteiger partial charge in [-0.3, -0.25) is 0 Å². The number of oxazole rings is 1. The molecule has 16 heavy (non-hydrogen) atoms. The second-order valence-electron chi connectivity index (χ2n) is 3.26. The Balaban J connectivity index is 2.08. The van der Waals surface area contributed by atoms with Gasteiger partial charge < -0.3 is 9.15 Å². The monoisotopic (exact) mass is 237 g/mol. The first kappa shape index (κ1) is 11.0. The molecule has 0 amide bonds. The van der Waals surface area contributed by atoms with Gasteiger partial charge in [-0.2, -0.15) is 0 Å². The van der Waals surface area contributed by atoms with Gasteiger partial charge in [0.25, 0.3) is 0 Å². The van der Waals surface area contributed by atoms with Gasteiger partial charge in [-0.25, -0.2) is 4.98 Å². The zero-order chi connectivity index (χ0) is 11.2. The van der Waals surface area contributed by atoms with E-state index in [2.05, 4.69) is 4.98 Å². The number of ether oxygens (including phenoxy) is 1. The first-order valence-electron chi connectivity index (χ1n) is 5.09. The minimum Gasteiger partial charge on any atom is -0.494 e. The fraction of sp³-hybridized carbons (Fsp3) is 0.250. The van der Waals surface area contributed by atoms with Crippen LogP contribution in [-0.2, 0) is 0 Å². The van der Waals surface area contributed by atoms with Crippen LogP contribution in [0.4, 0.5) is 0 Å². The van der Waals surface area contributed by atoms with E-state index in [1.54, 1.807) is 12.5 Å². The number of aromatic nitrogens is 1. The molecule has 0 bridgehead atoms. The average Bonchev–Trinajstić information content (AvgIpc) is 2.83. The summed E-state index contributed by atoms with van der Waals surface area (Å²) in [5.41, 5.74) is 0.911. The lowest BCUT2D eigenvalue weighted by Crippen LogP contribution is -1.97. The quantitative estimate of drug-likeness (QED) is 0.591. The predicted octanol–water partition coefficient (Wildman–Crippen LogP) is 3.35. The average molecular weight is 238 g/mol. The lowest BCUT2D eigenvalue weighted by molar-refractivity contribution is 0.318. The predicted molar refractivity (Wildman–Crippen MR) is 62.8 cm³/mol. The van der Waals surface area contributed by atoms with Gasteiger partial charge in [-0.15, -0.1) is 11.6 Å². The van der Waals surface area contributed by atoms with Crippen molar-refractivity contribution in [2.75, 3.05) is 12.5 Å². The standard InChI is InChI=1S/C12H12ClNO2/c13-5-2-7-15-11-4-1-3-10(9-11)12-14-6-8-16-12/h1,3-4,6,8-9H,2,5,7H2. The maximum absolute atomic E-state index is 5.58. The van der Waals surface area contributed by atoms with Crippen LogP contribution in [0, 0.1) is 0 Å². The summed E-state index contributed by atoms with van der Waals surface area (Å²) in [6.07, 6.45) is 4.01. The van der Waals surface area contributed by atoms with Crippen LogP contribution in [0.2, 0.25) is 0 Å². The molecule has 0 N–H and O–H groups in total. The van der Waals surface area contributed by atoms with Crippen molar-refractivity contribution in [2.45, 2.75) is 6.42 Å². The molecule has 2 aromatic rings. The first-order chi connectivity index (χ1) is 7.90. The van der Waals surface area contributed by atoms with E-state index in [0.717, 1.165) is 17.7 Å². The second-order valence-corrected chi connectivity index (χ2v) is 3.63. The molecule has 0 fully saturated rings. The summed E-state index contributed by atoms with van der Waals surface area (Å²) in [5.74, 6) is 2.02. The molecule has 4 heteroatoms. The molecule has 0 aliphatic rings. The minimum atomic E-state index is 0.600. The molecular weight excluding hydrogens is 226 g/mol. The zero-order valence-electron chi connectivity index (χ0n) is 8.73. The Bertz CT molecular complexity index is 428. The summed E-state index contributed by atoms with van der Waals surface area (Å²) >= 11 is 5.58. The van der Waals surface area contributed by atoms with Gasteiger partial charge in [-0.1, -0.05) is 6.07 Å². The summed E-state index contributed by atoms with van der Waals surface area (Å²) in [6.45, 7) is 0.624. The van der Waals surface area contributed by atoms with Gasteiger partial charge in [0.15, 0.2) is 0 Å². The summed E-state index contributed by atoms with van der Waals surface area (Å²) in [4.78, 5) is 4.08. The van der Waals surface area contributed by atoms with E-state index in [-0.39, 0.29) is 0 Å². The Morgan fingerprint density at radius 2 is 2.31 bits per heavy atom. The van der Waals surface area contributed by atoms with Crippen molar-refractivity contribution < 1.29 is 9.15 Å². The van der Waals surface area contributed by atoms with Crippen LogP contribution in [0.1, 0.15) is 6.42 Å². The molecule has 1 aromatic carbocycles. The van der Waals surface area contributed by atoms with Crippen molar-refractivity contribution in [3.63, 3.8) is 0 Å². The lowest BCUT2D eigenvalue weighted by Gasteiger charge is -2.05. The lowest BCUT2D eigenvalue weighted by atomic mass is 10.2. The smallest absolute Gasteiger partial charge is 0.225 e. The van der Waals surface area contributed by atoms with Crippen LogP contribution >= 0.6 is 11.6 Å². The Hall–Kier alpha value is -1.48. The third-order valence-corrected chi connectivity index (χ3v) is 2.33. The van der Waals surface area contributed by atoms with Gasteiger partial charge in [0.2, 0.25) is 5.89 Å². The largest absolute Gasteiger partial charge is 0.494 e. The van der Waals surface area contributed by atoms with Gasteiger partial charge in [0.1, 0.15) is 12.0 Å². The van der Waals surface area contributed by atoms with E-state index in [0.29, 0.717) is 18.4 Å². The third-order valence-electron chi connectivity index (χ3n) is 2.06. The molecule has 0 spiro atoms. The van der Waals surface area contributed by atoms with Gasteiger partial charge in [0, 0.05) is 11.4 Å². The molecule has 0 unspecified atom stereocenters. The van der Waals surface area contributed by atoms with Crippen molar-refractivity contribution in [1.29, 1.82) is 0 Å². The zero-order valence-corrected chi connectivity index (χ0v) is 9.48. The molecule has 0 saturated heterocycles. The highest BCUT2D eigenvalue weighted by atomic mass is 35.5. The number of nitrogens with zero attached hydrogens (tertiary/aromatic N) is 1. The summed E-state index contributed by atoms with van der Waals surface area (Å²) in [6, 6.07) is 7.65. The molecule has 1 aromatic heterocycles. The SMILES string of the molecule is ClCCCOc1cccc(-c2ncco2)c1. The van der Waals surface area contributed by atoms with Crippen molar-refractivity contribution in [1.82, 2.24) is 4.98 Å². The molecule has 0 aliphatic carbocycles. The third kappa shape index (κ3) is 2.76. The van der Waals surface area contributed by atoms with E-state index < -0.39 is 0 Å². The van der Waals surface area contributed by atoms with Crippen LogP contribution in [0.5, 0.6) is 5.75 Å². The van der Waals surface area contributed by atoms with Crippen LogP contribution in [0.25, 0.3) is 11.5 Å². The van der Waals surface area contributed by atoms with Crippen molar-refractivity contribution in [2.24, 2.45) is 0 Å². The number of hydrogen-bond donors (Lipinski definition) is 0. The Kier molecular flexibility index (Phi) is 3.83. The highest BCUT2D eigenvalue weighted by Crippen LogP contribution is 2.22. The highest BCUT2D eigenvalue weighted by Gasteiger charge is 2.03. The summed E-state index contributed by atoms with van der Waals surface area (Å²) < 4.78 is 10.7. The molecule has 0 aliphatic heterocycles. The molecule has 3 nitrogen and oxygen atoms in total. The van der Waals surface area contributed by atoms with Crippen molar-refractivity contribution in [3.05, 3.63) is 36.7 Å². The molecule has 0 radical (unpaired) electrons. The van der Waals surface area contributed by atoms with Crippen molar-refractivity contribution in [3.8, 4) is 17.2 Å². The number of rotatable bonds is 5. The van der Waals surface area contributed by atoms with E-state index in [1.807, 2.05) is 24.3 Å². The molecular formula is C12H12ClNO2. The van der Waals surface area contributed by atoms with Crippen LogP contribution < -0.4 is 4.74 Å². The van der Waals surface area contributed by atoms with E-state index >= 15 is 0 Å². The van der Waals surface area contributed by atoms with Gasteiger partial charge in [0.05, 0.1) is 12.8 Å². The fourth-order valence-corrected chi connectivity index (χ4v) is 1.44. The molecule has 0 saturated carbocycles. The second kappa shape index (κ2) is 5.56. The first-order valence-corrected chi connectivity index (χ1v) is 5.62. The Labute approximate surface area is 99.0 Å². The highest BCUT2D eigenvalue weighted by molar-refractivity contribution is 6.17. The van der Waals surface area contributed by atoms with Crippen LogP contribution in [0.15, 0.2) is 41.1 Å². The Morgan fingerprint density at radius 1 is 1.38 bits per heavy atom. The molecule has 2 rings (SSSR count). The molecule has 1 heterocycles.